The first-order valence-corrected chi connectivity index (χ1v) is 8.68. The van der Waals surface area contributed by atoms with Gasteiger partial charge in [-0.3, -0.25) is 4.98 Å². The number of carbonyl (C=O) groups excluding carboxylic acids is 1. The number of nitrogens with one attached hydrogen (secondary N) is 1. The minimum absolute atomic E-state index is 0.0683. The second-order valence-electron chi connectivity index (χ2n) is 6.57. The van der Waals surface area contributed by atoms with Gasteiger partial charge in [0, 0.05) is 29.7 Å². The molecule has 0 saturated carbocycles. The van der Waals surface area contributed by atoms with Crippen molar-refractivity contribution < 1.29 is 13.9 Å². The largest absolute Gasteiger partial charge is 0.438 e. The van der Waals surface area contributed by atoms with Gasteiger partial charge in [0.05, 0.1) is 0 Å². The van der Waals surface area contributed by atoms with E-state index in [0.717, 1.165) is 11.1 Å². The fraction of sp³-hybridized carbons (Fsp3) is 0.136. The van der Waals surface area contributed by atoms with Crippen molar-refractivity contribution in [2.75, 3.05) is 0 Å². The van der Waals surface area contributed by atoms with Crippen LogP contribution in [0.25, 0.3) is 0 Å². The molecule has 138 valence electrons. The van der Waals surface area contributed by atoms with Crippen LogP contribution in [0, 0.1) is 17.7 Å². The Morgan fingerprint density at radius 1 is 1.14 bits per heavy atom. The highest BCUT2D eigenvalue weighted by Crippen LogP contribution is 2.41. The monoisotopic (exact) mass is 373 g/mol. The molecule has 28 heavy (non-hydrogen) atoms. The molecule has 1 N–H and O–H groups in total. The minimum atomic E-state index is -0.820. The first-order chi connectivity index (χ1) is 13.6. The van der Waals surface area contributed by atoms with Crippen molar-refractivity contribution >= 4 is 6.09 Å². The molecule has 0 unspecified atom stereocenters. The highest BCUT2D eigenvalue weighted by Gasteiger charge is 2.47. The molecule has 1 aliphatic rings. The number of hydrogen-bond acceptors (Lipinski definition) is 4. The smallest absolute Gasteiger partial charge is 0.408 e. The van der Waals surface area contributed by atoms with Gasteiger partial charge in [0.15, 0.2) is 11.9 Å². The second-order valence-corrected chi connectivity index (χ2v) is 6.57. The summed E-state index contributed by atoms with van der Waals surface area (Å²) < 4.78 is 19.2. The Labute approximate surface area is 161 Å². The summed E-state index contributed by atoms with van der Waals surface area (Å²) in [6.45, 7) is 1.88. The van der Waals surface area contributed by atoms with Crippen LogP contribution in [-0.4, -0.2) is 16.1 Å². The molecule has 2 atom stereocenters. The molecule has 1 aromatic carbocycles. The first kappa shape index (κ1) is 17.7. The molecule has 0 radical (unpaired) electrons. The molecule has 0 spiro atoms. The number of pyridine rings is 2. The van der Waals surface area contributed by atoms with Crippen LogP contribution in [0.3, 0.4) is 0 Å². The van der Waals surface area contributed by atoms with Gasteiger partial charge in [0.25, 0.3) is 0 Å². The van der Waals surface area contributed by atoms with Gasteiger partial charge in [-0.05, 0) is 36.6 Å². The fourth-order valence-corrected chi connectivity index (χ4v) is 3.19. The van der Waals surface area contributed by atoms with Crippen LogP contribution in [0.1, 0.15) is 35.4 Å². The average Bonchev–Trinajstić information content (AvgIpc) is 3.04. The van der Waals surface area contributed by atoms with Crippen molar-refractivity contribution in [3.8, 4) is 11.8 Å². The number of benzene rings is 1. The molecule has 1 aliphatic heterocycles. The minimum Gasteiger partial charge on any atom is -0.438 e. The molecular weight excluding hydrogens is 357 g/mol. The zero-order valence-electron chi connectivity index (χ0n) is 15.0. The van der Waals surface area contributed by atoms with E-state index in [4.69, 9.17) is 4.74 Å². The quantitative estimate of drug-likeness (QED) is 0.696. The predicted octanol–water partition coefficient (Wildman–Crippen LogP) is 3.71. The predicted molar refractivity (Wildman–Crippen MR) is 101 cm³/mol. The first-order valence-electron chi connectivity index (χ1n) is 8.68. The lowest BCUT2D eigenvalue weighted by molar-refractivity contribution is 0.112. The highest BCUT2D eigenvalue weighted by molar-refractivity contribution is 5.72. The Bertz CT molecular complexity index is 1090. The number of ether oxygens (including phenoxy) is 1. The van der Waals surface area contributed by atoms with Crippen molar-refractivity contribution in [2.24, 2.45) is 0 Å². The number of alkyl carbamates (subject to hydrolysis) is 1. The summed E-state index contributed by atoms with van der Waals surface area (Å²) >= 11 is 0. The fourth-order valence-electron chi connectivity index (χ4n) is 3.19. The van der Waals surface area contributed by atoms with Crippen LogP contribution >= 0.6 is 0 Å². The SMILES string of the molecule is C[C@@]1(c2cncc(C#Cc3ncccc3F)c2)NC(=O)O[C@H]1c1ccccc1. The summed E-state index contributed by atoms with van der Waals surface area (Å²) in [4.78, 5) is 20.2. The molecule has 3 aromatic rings. The molecular formula is C22H16FN3O2. The molecule has 1 fully saturated rings. The van der Waals surface area contributed by atoms with Crippen LogP contribution in [0.4, 0.5) is 9.18 Å². The molecule has 2 aromatic heterocycles. The summed E-state index contributed by atoms with van der Waals surface area (Å²) in [5.74, 6) is 5.12. The Kier molecular flexibility index (Phi) is 4.50. The number of rotatable bonds is 2. The van der Waals surface area contributed by atoms with E-state index in [1.807, 2.05) is 43.3 Å². The third-order valence-electron chi connectivity index (χ3n) is 4.63. The molecule has 4 rings (SSSR count). The van der Waals surface area contributed by atoms with Crippen molar-refractivity contribution in [3.05, 3.63) is 95.3 Å². The summed E-state index contributed by atoms with van der Waals surface area (Å²) in [7, 11) is 0. The molecule has 1 amide bonds. The van der Waals surface area contributed by atoms with E-state index >= 15 is 0 Å². The van der Waals surface area contributed by atoms with E-state index in [0.29, 0.717) is 5.56 Å². The maximum absolute atomic E-state index is 13.7. The Morgan fingerprint density at radius 3 is 2.75 bits per heavy atom. The van der Waals surface area contributed by atoms with Gasteiger partial charge >= 0.3 is 6.09 Å². The van der Waals surface area contributed by atoms with Gasteiger partial charge in [-0.1, -0.05) is 36.3 Å². The maximum atomic E-state index is 13.7. The third kappa shape index (κ3) is 3.30. The number of hydrogen-bond donors (Lipinski definition) is 1. The lowest BCUT2D eigenvalue weighted by Crippen LogP contribution is -2.39. The lowest BCUT2D eigenvalue weighted by atomic mass is 9.84. The molecule has 0 aliphatic carbocycles. The summed E-state index contributed by atoms with van der Waals surface area (Å²) in [6, 6.07) is 14.1. The number of aromatic nitrogens is 2. The zero-order chi connectivity index (χ0) is 19.6. The van der Waals surface area contributed by atoms with Crippen LogP contribution in [0.15, 0.2) is 67.1 Å². The summed E-state index contributed by atoms with van der Waals surface area (Å²) in [5, 5.41) is 2.88. The van der Waals surface area contributed by atoms with Gasteiger partial charge in [0.2, 0.25) is 0 Å². The Morgan fingerprint density at radius 2 is 1.96 bits per heavy atom. The van der Waals surface area contributed by atoms with Gasteiger partial charge < -0.3 is 10.1 Å². The van der Waals surface area contributed by atoms with Crippen molar-refractivity contribution in [1.82, 2.24) is 15.3 Å². The van der Waals surface area contributed by atoms with Gasteiger partial charge in [-0.25, -0.2) is 14.2 Å². The highest BCUT2D eigenvalue weighted by atomic mass is 19.1. The topological polar surface area (TPSA) is 64.1 Å². The summed E-state index contributed by atoms with van der Waals surface area (Å²) in [6.07, 6.45) is 3.72. The Hall–Kier alpha value is -3.72. The summed E-state index contributed by atoms with van der Waals surface area (Å²) in [5.41, 5.74) is 1.44. The van der Waals surface area contributed by atoms with Crippen molar-refractivity contribution in [1.29, 1.82) is 0 Å². The average molecular weight is 373 g/mol. The van der Waals surface area contributed by atoms with Crippen LogP contribution in [0.5, 0.6) is 0 Å². The Balaban J connectivity index is 1.70. The maximum Gasteiger partial charge on any atom is 0.408 e. The molecule has 0 bridgehead atoms. The molecule has 1 saturated heterocycles. The lowest BCUT2D eigenvalue weighted by Gasteiger charge is -2.29. The van der Waals surface area contributed by atoms with E-state index in [1.165, 1.54) is 18.3 Å². The van der Waals surface area contributed by atoms with Gasteiger partial charge in [-0.2, -0.15) is 0 Å². The number of carbonyl (C=O) groups is 1. The number of halogens is 1. The third-order valence-corrected chi connectivity index (χ3v) is 4.63. The van der Waals surface area contributed by atoms with Gasteiger partial charge in [0.1, 0.15) is 11.2 Å². The standard InChI is InChI=1S/C22H16FN3O2/c1-22(20(28-21(27)26-22)16-6-3-2-4-7-16)17-12-15(13-24-14-17)9-10-19-18(23)8-5-11-25-19/h2-8,11-14,20H,1H3,(H,26,27)/t20-,22-/m0/s1. The van der Waals surface area contributed by atoms with Crippen molar-refractivity contribution in [2.45, 2.75) is 18.6 Å². The van der Waals surface area contributed by atoms with Crippen LogP contribution < -0.4 is 5.32 Å². The van der Waals surface area contributed by atoms with Crippen LogP contribution in [0.2, 0.25) is 0 Å². The van der Waals surface area contributed by atoms with E-state index in [-0.39, 0.29) is 5.69 Å². The number of amides is 1. The van der Waals surface area contributed by atoms with Gasteiger partial charge in [-0.15, -0.1) is 0 Å². The van der Waals surface area contributed by atoms with E-state index in [1.54, 1.807) is 12.4 Å². The second kappa shape index (κ2) is 7.12. The van der Waals surface area contributed by atoms with Crippen molar-refractivity contribution in [3.63, 3.8) is 0 Å². The van der Waals surface area contributed by atoms with E-state index < -0.39 is 23.6 Å². The molecule has 6 heteroatoms. The molecule has 3 heterocycles. The van der Waals surface area contributed by atoms with Crippen LogP contribution in [-0.2, 0) is 10.3 Å². The normalized spacial score (nSPS) is 20.6. The van der Waals surface area contributed by atoms with E-state index in [9.17, 15) is 9.18 Å². The van der Waals surface area contributed by atoms with E-state index in [2.05, 4.69) is 27.1 Å². The number of nitrogens with zero attached hydrogens (tertiary/aromatic N) is 2. The molecule has 5 nitrogen and oxygen atoms in total. The zero-order valence-corrected chi connectivity index (χ0v) is 15.0. The number of cyclic esters (lactones) is 1.